The number of benzene rings is 2. The van der Waals surface area contributed by atoms with Crippen molar-refractivity contribution in [2.45, 2.75) is 13.3 Å². The molecule has 2 aromatic rings. The number of halogens is 1. The summed E-state index contributed by atoms with van der Waals surface area (Å²) in [6.07, 6.45) is 0.752. The predicted octanol–water partition coefficient (Wildman–Crippen LogP) is 3.29. The van der Waals surface area contributed by atoms with Crippen molar-refractivity contribution in [1.29, 1.82) is 5.26 Å². The smallest absolute Gasteiger partial charge is 0.264 e. The van der Waals surface area contributed by atoms with Gasteiger partial charge in [-0.05, 0) is 30.7 Å². The molecular formula is C21H17ClN4O2. The van der Waals surface area contributed by atoms with Gasteiger partial charge in [-0.15, -0.1) is 0 Å². The Bertz CT molecular complexity index is 1030. The van der Waals surface area contributed by atoms with Crippen molar-refractivity contribution in [1.82, 2.24) is 10.6 Å². The molecular weight excluding hydrogens is 376 g/mol. The average Bonchev–Trinajstić information content (AvgIpc) is 3.06. The summed E-state index contributed by atoms with van der Waals surface area (Å²) in [5, 5.41) is 15.5. The highest BCUT2D eigenvalue weighted by molar-refractivity contribution is 6.30. The number of nitriles is 1. The van der Waals surface area contributed by atoms with E-state index in [2.05, 4.69) is 15.6 Å². The molecule has 0 fully saturated rings. The molecule has 0 spiro atoms. The van der Waals surface area contributed by atoms with E-state index in [1.54, 1.807) is 48.5 Å². The van der Waals surface area contributed by atoms with Gasteiger partial charge in [0.15, 0.2) is 0 Å². The van der Waals surface area contributed by atoms with Gasteiger partial charge in [0.25, 0.3) is 11.8 Å². The number of nitrogens with zero attached hydrogens (tertiary/aromatic N) is 2. The van der Waals surface area contributed by atoms with Gasteiger partial charge >= 0.3 is 0 Å². The number of carbonyl (C=O) groups excluding carboxylic acids is 2. The third-order valence-corrected chi connectivity index (χ3v) is 4.36. The fourth-order valence-corrected chi connectivity index (χ4v) is 2.86. The monoisotopic (exact) mass is 392 g/mol. The van der Waals surface area contributed by atoms with Gasteiger partial charge in [0.05, 0.1) is 5.70 Å². The number of aliphatic imine (C=N–C) groups is 1. The number of fused-ring (bicyclic) bond motifs is 1. The third-order valence-electron chi connectivity index (χ3n) is 4.11. The van der Waals surface area contributed by atoms with Gasteiger partial charge in [0.1, 0.15) is 17.5 Å². The van der Waals surface area contributed by atoms with Crippen molar-refractivity contribution in [3.63, 3.8) is 0 Å². The molecule has 0 unspecified atom stereocenters. The first-order chi connectivity index (χ1) is 13.5. The van der Waals surface area contributed by atoms with Crippen LogP contribution >= 0.6 is 11.6 Å². The van der Waals surface area contributed by atoms with Crippen LogP contribution in [0.4, 0.5) is 0 Å². The zero-order chi connectivity index (χ0) is 20.1. The summed E-state index contributed by atoms with van der Waals surface area (Å²) in [7, 11) is 0. The van der Waals surface area contributed by atoms with Gasteiger partial charge < -0.3 is 10.6 Å². The first kappa shape index (κ1) is 19.3. The number of amides is 2. The van der Waals surface area contributed by atoms with E-state index in [1.807, 2.05) is 13.0 Å². The van der Waals surface area contributed by atoms with Crippen LogP contribution in [-0.4, -0.2) is 24.2 Å². The Morgan fingerprint density at radius 2 is 1.79 bits per heavy atom. The van der Waals surface area contributed by atoms with Crippen molar-refractivity contribution >= 4 is 34.9 Å². The van der Waals surface area contributed by atoms with E-state index in [0.29, 0.717) is 34.1 Å². The highest BCUT2D eigenvalue weighted by Crippen LogP contribution is 2.30. The summed E-state index contributed by atoms with van der Waals surface area (Å²) in [6, 6.07) is 15.5. The lowest BCUT2D eigenvalue weighted by atomic mass is 10.0. The van der Waals surface area contributed by atoms with Crippen molar-refractivity contribution < 1.29 is 9.59 Å². The molecule has 0 bridgehead atoms. The summed E-state index contributed by atoms with van der Waals surface area (Å²) in [5.74, 6) is -0.551. The first-order valence-corrected chi connectivity index (χ1v) is 9.11. The largest absolute Gasteiger partial charge is 0.351 e. The molecule has 1 aliphatic heterocycles. The van der Waals surface area contributed by atoms with E-state index < -0.39 is 5.91 Å². The fraction of sp³-hybridized carbons (Fsp3) is 0.143. The summed E-state index contributed by atoms with van der Waals surface area (Å²) in [4.78, 5) is 29.3. The molecule has 0 saturated heterocycles. The van der Waals surface area contributed by atoms with Gasteiger partial charge in [-0.2, -0.15) is 5.26 Å². The SMILES string of the molecule is CCCNC(=O)C(C#N)=C1N=C(NC(=O)c2ccc(Cl)cc2)c2ccccc21. The van der Waals surface area contributed by atoms with Crippen molar-refractivity contribution in [3.8, 4) is 6.07 Å². The maximum atomic E-state index is 12.5. The van der Waals surface area contributed by atoms with Crippen molar-refractivity contribution in [2.24, 2.45) is 4.99 Å². The van der Waals surface area contributed by atoms with Gasteiger partial charge in [-0.25, -0.2) is 4.99 Å². The van der Waals surface area contributed by atoms with Crippen LogP contribution in [0.3, 0.4) is 0 Å². The van der Waals surface area contributed by atoms with Crippen LogP contribution in [0.2, 0.25) is 5.02 Å². The fourth-order valence-electron chi connectivity index (χ4n) is 2.73. The van der Waals surface area contributed by atoms with E-state index >= 15 is 0 Å². The molecule has 1 heterocycles. The lowest BCUT2D eigenvalue weighted by Crippen LogP contribution is -2.30. The van der Waals surface area contributed by atoms with E-state index in [-0.39, 0.29) is 17.2 Å². The molecule has 2 amide bonds. The Balaban J connectivity index is 1.97. The molecule has 0 aliphatic carbocycles. The Morgan fingerprint density at radius 1 is 1.11 bits per heavy atom. The van der Waals surface area contributed by atoms with E-state index in [4.69, 9.17) is 11.6 Å². The molecule has 140 valence electrons. The molecule has 28 heavy (non-hydrogen) atoms. The van der Waals surface area contributed by atoms with Crippen LogP contribution in [0.25, 0.3) is 5.70 Å². The minimum absolute atomic E-state index is 0.0864. The van der Waals surface area contributed by atoms with E-state index in [0.717, 1.165) is 6.42 Å². The number of carbonyl (C=O) groups is 2. The number of hydrogen-bond donors (Lipinski definition) is 2. The number of rotatable bonds is 4. The second-order valence-corrected chi connectivity index (χ2v) is 6.49. The molecule has 7 heteroatoms. The van der Waals surface area contributed by atoms with Crippen molar-refractivity contribution in [2.75, 3.05) is 6.54 Å². The van der Waals surface area contributed by atoms with Crippen LogP contribution < -0.4 is 10.6 Å². The molecule has 3 rings (SSSR count). The lowest BCUT2D eigenvalue weighted by Gasteiger charge is -2.06. The van der Waals surface area contributed by atoms with Gasteiger partial charge in [0.2, 0.25) is 0 Å². The van der Waals surface area contributed by atoms with E-state index in [1.165, 1.54) is 0 Å². The van der Waals surface area contributed by atoms with Crippen LogP contribution in [0.1, 0.15) is 34.8 Å². The second-order valence-electron chi connectivity index (χ2n) is 6.06. The Kier molecular flexibility index (Phi) is 5.87. The van der Waals surface area contributed by atoms with Crippen molar-refractivity contribution in [3.05, 3.63) is 75.8 Å². The van der Waals surface area contributed by atoms with Crippen LogP contribution in [0, 0.1) is 11.3 Å². The average molecular weight is 393 g/mol. The second kappa shape index (κ2) is 8.51. The van der Waals surface area contributed by atoms with Gasteiger partial charge in [-0.3, -0.25) is 9.59 Å². The number of amidine groups is 1. The van der Waals surface area contributed by atoms with E-state index in [9.17, 15) is 14.9 Å². The molecule has 0 radical (unpaired) electrons. The van der Waals surface area contributed by atoms with Gasteiger partial charge in [-0.1, -0.05) is 42.8 Å². The predicted molar refractivity (Wildman–Crippen MR) is 108 cm³/mol. The zero-order valence-electron chi connectivity index (χ0n) is 15.1. The van der Waals surface area contributed by atoms with Crippen LogP contribution in [0.5, 0.6) is 0 Å². The highest BCUT2D eigenvalue weighted by Gasteiger charge is 2.27. The Morgan fingerprint density at radius 3 is 2.43 bits per heavy atom. The first-order valence-electron chi connectivity index (χ1n) is 8.73. The molecule has 2 N–H and O–H groups in total. The molecule has 0 aromatic heterocycles. The van der Waals surface area contributed by atoms with Gasteiger partial charge in [0, 0.05) is 28.3 Å². The normalized spacial score (nSPS) is 13.8. The Hall–Kier alpha value is -3.43. The molecule has 2 aromatic carbocycles. The molecule has 0 saturated carbocycles. The maximum absolute atomic E-state index is 12.5. The molecule has 1 aliphatic rings. The maximum Gasteiger partial charge on any atom is 0.264 e. The quantitative estimate of drug-likeness (QED) is 0.617. The minimum Gasteiger partial charge on any atom is -0.351 e. The summed E-state index contributed by atoms with van der Waals surface area (Å²) in [6.45, 7) is 2.38. The molecule has 6 nitrogen and oxygen atoms in total. The minimum atomic E-state index is -0.483. The van der Waals surface area contributed by atoms with Crippen LogP contribution in [-0.2, 0) is 4.79 Å². The standard InChI is InChI=1S/C21H17ClN4O2/c1-2-11-24-21(28)17(12-23)18-15-5-3-4-6-16(15)19(25-18)26-20(27)13-7-9-14(22)10-8-13/h3-10H,2,11H2,1H3,(H,24,28)(H,25,26,27). The summed E-state index contributed by atoms with van der Waals surface area (Å²) in [5.41, 5.74) is 1.85. The van der Waals surface area contributed by atoms with Crippen LogP contribution in [0.15, 0.2) is 59.1 Å². The number of nitrogens with one attached hydrogen (secondary N) is 2. The summed E-state index contributed by atoms with van der Waals surface area (Å²) >= 11 is 5.86. The number of hydrogen-bond acceptors (Lipinski definition) is 4. The topological polar surface area (TPSA) is 94.3 Å². The highest BCUT2D eigenvalue weighted by atomic mass is 35.5. The zero-order valence-corrected chi connectivity index (χ0v) is 15.9. The third kappa shape index (κ3) is 3.95. The lowest BCUT2D eigenvalue weighted by molar-refractivity contribution is -0.117. The Labute approximate surface area is 167 Å². The summed E-state index contributed by atoms with van der Waals surface area (Å²) < 4.78 is 0. The molecule has 0 atom stereocenters.